The van der Waals surface area contributed by atoms with Crippen LogP contribution in [0.3, 0.4) is 0 Å². The molecule has 1 aromatic heterocycles. The molecule has 3 N–H and O–H groups in total. The minimum absolute atomic E-state index is 0.0730. The van der Waals surface area contributed by atoms with E-state index < -0.39 is 36.0 Å². The molecule has 12 heteroatoms. The highest BCUT2D eigenvalue weighted by molar-refractivity contribution is 6.34. The van der Waals surface area contributed by atoms with Crippen molar-refractivity contribution in [1.29, 1.82) is 0 Å². The Morgan fingerprint density at radius 1 is 1.14 bits per heavy atom. The predicted octanol–water partition coefficient (Wildman–Crippen LogP) is 4.81. The number of carbonyl (C=O) groups is 2. The average Bonchev–Trinajstić information content (AvgIpc) is 3.70. The molecule has 0 radical (unpaired) electrons. The summed E-state index contributed by atoms with van der Waals surface area (Å²) in [6, 6.07) is 16.0. The van der Waals surface area contributed by atoms with Crippen LogP contribution >= 0.6 is 11.6 Å². The molecular weight excluding hydrogens is 574 g/mol. The fourth-order valence-electron chi connectivity index (χ4n) is 5.83. The number of nitrogens with zero attached hydrogens (tertiary/aromatic N) is 3. The number of carbonyl (C=O) groups excluding carboxylic acids is 2. The quantitative estimate of drug-likeness (QED) is 0.366. The first-order chi connectivity index (χ1) is 20.6. The van der Waals surface area contributed by atoms with Crippen molar-refractivity contribution in [1.82, 2.24) is 20.0 Å². The topological polar surface area (TPSA) is 127 Å². The molecule has 0 bridgehead atoms. The average molecular weight is 610 g/mol. The molecule has 2 aromatic carbocycles. The van der Waals surface area contributed by atoms with Crippen LogP contribution in [0.2, 0.25) is 5.02 Å². The molecule has 1 aliphatic heterocycles. The number of hydrogen-bond acceptors (Lipinski definition) is 7. The van der Waals surface area contributed by atoms with Crippen molar-refractivity contribution in [2.45, 2.75) is 62.9 Å². The van der Waals surface area contributed by atoms with Crippen molar-refractivity contribution in [2.24, 2.45) is 0 Å². The number of hydrogen-bond donors (Lipinski definition) is 3. The summed E-state index contributed by atoms with van der Waals surface area (Å²) in [5.74, 6) is 0.309. The zero-order valence-corrected chi connectivity index (χ0v) is 25.1. The SMILES string of the molecule is CC(C)(C)OC(=O)N1CCO[C@@H](COc2nn(-c3ccccc3)c(NC(=O)N[C@@H]3c4ccccc4C4(CC4)[C@H]3O)c2Cl)C1. The highest BCUT2D eigenvalue weighted by Crippen LogP contribution is 2.59. The van der Waals surface area contributed by atoms with Crippen LogP contribution in [0.25, 0.3) is 5.69 Å². The van der Waals surface area contributed by atoms with Crippen LogP contribution in [0.5, 0.6) is 5.88 Å². The number of rotatable bonds is 6. The number of urea groups is 1. The maximum atomic E-state index is 13.4. The van der Waals surface area contributed by atoms with E-state index in [1.54, 1.807) is 4.90 Å². The normalized spacial score (nSPS) is 22.2. The van der Waals surface area contributed by atoms with E-state index in [4.69, 9.17) is 25.8 Å². The molecule has 3 aliphatic rings. The summed E-state index contributed by atoms with van der Waals surface area (Å²) < 4.78 is 18.8. The molecule has 2 heterocycles. The Bertz CT molecular complexity index is 1500. The van der Waals surface area contributed by atoms with E-state index in [0.717, 1.165) is 24.0 Å². The zero-order valence-electron chi connectivity index (χ0n) is 24.4. The van der Waals surface area contributed by atoms with Gasteiger partial charge in [-0.15, -0.1) is 5.10 Å². The van der Waals surface area contributed by atoms with Crippen LogP contribution in [0, 0.1) is 0 Å². The Labute approximate surface area is 255 Å². The van der Waals surface area contributed by atoms with Gasteiger partial charge in [0, 0.05) is 12.0 Å². The minimum atomic E-state index is -0.722. The maximum Gasteiger partial charge on any atom is 0.410 e. The fourth-order valence-corrected chi connectivity index (χ4v) is 6.05. The van der Waals surface area contributed by atoms with Crippen LogP contribution in [0.15, 0.2) is 54.6 Å². The second kappa shape index (κ2) is 11.4. The van der Waals surface area contributed by atoms with Crippen molar-refractivity contribution in [3.8, 4) is 11.6 Å². The summed E-state index contributed by atoms with van der Waals surface area (Å²) in [6.07, 6.45) is 0.210. The van der Waals surface area contributed by atoms with Gasteiger partial charge in [-0.1, -0.05) is 54.1 Å². The molecule has 3 atom stereocenters. The Hall–Kier alpha value is -3.80. The van der Waals surface area contributed by atoms with Crippen LogP contribution in [-0.4, -0.2) is 76.0 Å². The van der Waals surface area contributed by atoms with Gasteiger partial charge in [0.25, 0.3) is 5.88 Å². The smallest absolute Gasteiger partial charge is 0.410 e. The van der Waals surface area contributed by atoms with E-state index in [1.165, 1.54) is 4.68 Å². The summed E-state index contributed by atoms with van der Waals surface area (Å²) in [6.45, 7) is 6.57. The molecule has 2 aliphatic carbocycles. The van der Waals surface area contributed by atoms with Gasteiger partial charge in [-0.2, -0.15) is 0 Å². The van der Waals surface area contributed by atoms with Crippen molar-refractivity contribution in [3.63, 3.8) is 0 Å². The molecule has 6 rings (SSSR count). The number of ether oxygens (including phenoxy) is 3. The lowest BCUT2D eigenvalue weighted by atomic mass is 9.97. The highest BCUT2D eigenvalue weighted by atomic mass is 35.5. The van der Waals surface area contributed by atoms with E-state index in [2.05, 4.69) is 15.7 Å². The number of aromatic nitrogens is 2. The Kier molecular flexibility index (Phi) is 7.74. The molecule has 1 saturated carbocycles. The number of amides is 3. The molecule has 3 amide bonds. The van der Waals surface area contributed by atoms with Crippen molar-refractivity contribution >= 4 is 29.5 Å². The summed E-state index contributed by atoms with van der Waals surface area (Å²) in [5.41, 5.74) is 1.77. The fraction of sp³-hybridized carbons (Fsp3) is 0.452. The standard InChI is InChI=1S/C31H36ClN5O6/c1-30(2,3)43-29(40)36-15-16-41-20(17-36)18-42-27-23(32)26(37(35-27)19-9-5-4-6-10-19)34-28(39)33-24-21-11-7-8-12-22(21)31(13-14-31)25(24)38/h4-12,20,24-25,38H,13-18H2,1-3H3,(H2,33,34,39)/t20-,24-,25+/m1/s1. The van der Waals surface area contributed by atoms with Gasteiger partial charge in [0.1, 0.15) is 23.3 Å². The first-order valence-corrected chi connectivity index (χ1v) is 14.8. The number of halogens is 1. The third-order valence-corrected chi connectivity index (χ3v) is 8.36. The van der Waals surface area contributed by atoms with Crippen LogP contribution in [0.1, 0.15) is 50.8 Å². The van der Waals surface area contributed by atoms with Crippen LogP contribution < -0.4 is 15.4 Å². The number of aliphatic hydroxyl groups is 1. The Morgan fingerprint density at radius 2 is 1.86 bits per heavy atom. The molecule has 43 heavy (non-hydrogen) atoms. The summed E-state index contributed by atoms with van der Waals surface area (Å²) in [5, 5.41) is 21.6. The molecule has 228 valence electrons. The van der Waals surface area contributed by atoms with Crippen molar-refractivity contribution < 1.29 is 28.9 Å². The Morgan fingerprint density at radius 3 is 2.58 bits per heavy atom. The lowest BCUT2D eigenvalue weighted by molar-refractivity contribution is -0.0561. The molecular formula is C31H36ClN5O6. The lowest BCUT2D eigenvalue weighted by Crippen LogP contribution is -2.49. The summed E-state index contributed by atoms with van der Waals surface area (Å²) in [7, 11) is 0. The lowest BCUT2D eigenvalue weighted by Gasteiger charge is -2.33. The van der Waals surface area contributed by atoms with Crippen molar-refractivity contribution in [3.05, 3.63) is 70.7 Å². The van der Waals surface area contributed by atoms with Gasteiger partial charge in [0.15, 0.2) is 5.82 Å². The van der Waals surface area contributed by atoms with Gasteiger partial charge in [-0.05, 0) is 56.9 Å². The van der Waals surface area contributed by atoms with E-state index in [1.807, 2.05) is 75.4 Å². The van der Waals surface area contributed by atoms with Crippen LogP contribution in [0.4, 0.5) is 15.4 Å². The van der Waals surface area contributed by atoms with E-state index in [-0.39, 0.29) is 35.3 Å². The van der Waals surface area contributed by atoms with E-state index >= 15 is 0 Å². The number of morpholine rings is 1. The van der Waals surface area contributed by atoms with Crippen LogP contribution in [-0.2, 0) is 14.9 Å². The number of nitrogens with one attached hydrogen (secondary N) is 2. The second-order valence-corrected chi connectivity index (χ2v) is 12.6. The van der Waals surface area contributed by atoms with Gasteiger partial charge < -0.3 is 29.5 Å². The largest absolute Gasteiger partial charge is 0.473 e. The zero-order chi connectivity index (χ0) is 30.4. The maximum absolute atomic E-state index is 13.4. The van der Waals surface area contributed by atoms with E-state index in [0.29, 0.717) is 18.8 Å². The van der Waals surface area contributed by atoms with Gasteiger partial charge in [0.2, 0.25) is 0 Å². The van der Waals surface area contributed by atoms with E-state index in [9.17, 15) is 14.7 Å². The summed E-state index contributed by atoms with van der Waals surface area (Å²) >= 11 is 6.75. The number of anilines is 1. The molecule has 1 saturated heterocycles. The first kappa shape index (κ1) is 29.3. The second-order valence-electron chi connectivity index (χ2n) is 12.2. The number of para-hydroxylation sites is 1. The van der Waals surface area contributed by atoms with Gasteiger partial charge >= 0.3 is 12.1 Å². The molecule has 2 fully saturated rings. The third kappa shape index (κ3) is 5.89. The molecule has 1 spiro atoms. The molecule has 3 aromatic rings. The highest BCUT2D eigenvalue weighted by Gasteiger charge is 2.59. The predicted molar refractivity (Wildman–Crippen MR) is 160 cm³/mol. The van der Waals surface area contributed by atoms with Crippen molar-refractivity contribution in [2.75, 3.05) is 31.6 Å². The molecule has 11 nitrogen and oxygen atoms in total. The van der Waals surface area contributed by atoms with Gasteiger partial charge in [-0.25, -0.2) is 14.3 Å². The Balaban J connectivity index is 1.17. The number of fused-ring (bicyclic) bond motifs is 2. The minimum Gasteiger partial charge on any atom is -0.473 e. The van der Waals surface area contributed by atoms with Gasteiger partial charge in [-0.3, -0.25) is 5.32 Å². The number of benzene rings is 2. The third-order valence-electron chi connectivity index (χ3n) is 8.02. The first-order valence-electron chi connectivity index (χ1n) is 14.5. The number of aliphatic hydroxyl groups excluding tert-OH is 1. The van der Waals surface area contributed by atoms with Gasteiger partial charge in [0.05, 0.1) is 31.0 Å². The monoisotopic (exact) mass is 609 g/mol. The summed E-state index contributed by atoms with van der Waals surface area (Å²) in [4.78, 5) is 27.5. The molecule has 0 unspecified atom stereocenters.